The van der Waals surface area contributed by atoms with E-state index in [0.717, 1.165) is 5.56 Å². The lowest BCUT2D eigenvalue weighted by atomic mass is 9.87. The zero-order valence-corrected chi connectivity index (χ0v) is 19.9. The third-order valence-corrected chi connectivity index (χ3v) is 5.40. The van der Waals surface area contributed by atoms with Gasteiger partial charge < -0.3 is 20.3 Å². The van der Waals surface area contributed by atoms with Gasteiger partial charge in [0.05, 0.1) is 0 Å². The molecule has 3 aromatic rings. The summed E-state index contributed by atoms with van der Waals surface area (Å²) in [5.74, 6) is -2.36. The molecule has 0 aliphatic rings. The van der Waals surface area contributed by atoms with Gasteiger partial charge in [-0.25, -0.2) is 4.79 Å². The largest absolute Gasteiger partial charge is 0.480 e. The lowest BCUT2D eigenvalue weighted by Crippen LogP contribution is -2.44. The molecule has 0 radical (unpaired) electrons. The van der Waals surface area contributed by atoms with Crippen LogP contribution >= 0.6 is 0 Å². The van der Waals surface area contributed by atoms with Crippen molar-refractivity contribution in [3.8, 4) is 11.3 Å². The molecular formula is C26H29N3O5. The Morgan fingerprint density at radius 1 is 0.941 bits per heavy atom. The number of carboxylic acid groups (broad SMARTS) is 1. The standard InChI is InChI=1S/C26H29N3O5/c1-15(2)22(25(32)33)28-24(31)21-14-20(29-34-21)16-8-12-19(13-9-16)27-23(30)17-6-10-18(11-7-17)26(3,4)5/h6-15,22H,1-5H3,(H,27,30)(H,28,31)(H,32,33). The molecule has 8 nitrogen and oxygen atoms in total. The molecule has 0 saturated heterocycles. The van der Waals surface area contributed by atoms with E-state index in [1.807, 2.05) is 12.1 Å². The summed E-state index contributed by atoms with van der Waals surface area (Å²) >= 11 is 0. The molecule has 34 heavy (non-hydrogen) atoms. The Bertz CT molecular complexity index is 1170. The van der Waals surface area contributed by atoms with E-state index in [9.17, 15) is 19.5 Å². The van der Waals surface area contributed by atoms with Crippen LogP contribution in [0, 0.1) is 5.92 Å². The number of aromatic nitrogens is 1. The van der Waals surface area contributed by atoms with Crippen molar-refractivity contribution in [3.05, 3.63) is 71.5 Å². The number of hydrogen-bond donors (Lipinski definition) is 3. The average Bonchev–Trinajstić information content (AvgIpc) is 3.27. The van der Waals surface area contributed by atoms with Gasteiger partial charge in [-0.3, -0.25) is 9.59 Å². The Morgan fingerprint density at radius 3 is 2.09 bits per heavy atom. The first-order valence-electron chi connectivity index (χ1n) is 11.0. The summed E-state index contributed by atoms with van der Waals surface area (Å²) in [6.07, 6.45) is 0. The molecule has 0 bridgehead atoms. The molecule has 2 aromatic carbocycles. The van der Waals surface area contributed by atoms with Gasteiger partial charge in [-0.05, 0) is 41.2 Å². The van der Waals surface area contributed by atoms with Crippen molar-refractivity contribution >= 4 is 23.5 Å². The van der Waals surface area contributed by atoms with E-state index in [1.165, 1.54) is 6.07 Å². The summed E-state index contributed by atoms with van der Waals surface area (Å²) in [6, 6.07) is 14.9. The van der Waals surface area contributed by atoms with Crippen molar-refractivity contribution in [2.24, 2.45) is 5.92 Å². The third-order valence-electron chi connectivity index (χ3n) is 5.40. The smallest absolute Gasteiger partial charge is 0.326 e. The molecule has 0 fully saturated rings. The van der Waals surface area contributed by atoms with Gasteiger partial charge in [-0.1, -0.05) is 64.0 Å². The first-order valence-corrected chi connectivity index (χ1v) is 11.0. The Hall–Kier alpha value is -3.94. The SMILES string of the molecule is CC(C)C(NC(=O)c1cc(-c2ccc(NC(=O)c3ccc(C(C)(C)C)cc3)cc2)no1)C(=O)O. The van der Waals surface area contributed by atoms with Gasteiger partial charge in [-0.15, -0.1) is 0 Å². The quantitative estimate of drug-likeness (QED) is 0.466. The highest BCUT2D eigenvalue weighted by atomic mass is 16.5. The lowest BCUT2D eigenvalue weighted by molar-refractivity contribution is -0.140. The molecule has 1 aromatic heterocycles. The number of hydrogen-bond acceptors (Lipinski definition) is 5. The van der Waals surface area contributed by atoms with Crippen LogP contribution in [0.2, 0.25) is 0 Å². The number of aliphatic carboxylic acids is 1. The number of nitrogens with zero attached hydrogens (tertiary/aromatic N) is 1. The van der Waals surface area contributed by atoms with E-state index < -0.39 is 17.9 Å². The van der Waals surface area contributed by atoms with Crippen molar-refractivity contribution in [3.63, 3.8) is 0 Å². The van der Waals surface area contributed by atoms with Crippen LogP contribution in [-0.4, -0.2) is 34.1 Å². The van der Waals surface area contributed by atoms with E-state index in [0.29, 0.717) is 22.5 Å². The van der Waals surface area contributed by atoms with Crippen LogP contribution in [0.25, 0.3) is 11.3 Å². The molecule has 0 aliphatic heterocycles. The molecule has 1 atom stereocenters. The predicted molar refractivity (Wildman–Crippen MR) is 129 cm³/mol. The van der Waals surface area contributed by atoms with Gasteiger partial charge >= 0.3 is 5.97 Å². The fourth-order valence-electron chi connectivity index (χ4n) is 3.29. The van der Waals surface area contributed by atoms with Crippen LogP contribution in [0.3, 0.4) is 0 Å². The van der Waals surface area contributed by atoms with Crippen LogP contribution in [0.15, 0.2) is 59.1 Å². The fourth-order valence-corrected chi connectivity index (χ4v) is 3.29. The molecule has 3 N–H and O–H groups in total. The van der Waals surface area contributed by atoms with Crippen LogP contribution < -0.4 is 10.6 Å². The van der Waals surface area contributed by atoms with Crippen molar-refractivity contribution in [1.82, 2.24) is 10.5 Å². The molecule has 0 aliphatic carbocycles. The molecule has 178 valence electrons. The Kier molecular flexibility index (Phi) is 7.20. The van der Waals surface area contributed by atoms with E-state index in [2.05, 4.69) is 36.6 Å². The summed E-state index contributed by atoms with van der Waals surface area (Å²) in [5.41, 5.74) is 3.42. The summed E-state index contributed by atoms with van der Waals surface area (Å²) in [5, 5.41) is 18.4. The summed E-state index contributed by atoms with van der Waals surface area (Å²) in [7, 11) is 0. The number of nitrogens with one attached hydrogen (secondary N) is 2. The third kappa shape index (κ3) is 5.89. The monoisotopic (exact) mass is 463 g/mol. The number of rotatable bonds is 7. The van der Waals surface area contributed by atoms with Crippen molar-refractivity contribution in [1.29, 1.82) is 0 Å². The Labute approximate surface area is 198 Å². The van der Waals surface area contributed by atoms with Gasteiger partial charge in [0.2, 0.25) is 5.76 Å². The second-order valence-corrected chi connectivity index (χ2v) is 9.47. The van der Waals surface area contributed by atoms with E-state index in [-0.39, 0.29) is 23.0 Å². The number of carbonyl (C=O) groups is 3. The molecule has 1 unspecified atom stereocenters. The number of anilines is 1. The number of carboxylic acids is 1. The maximum absolute atomic E-state index is 12.6. The minimum atomic E-state index is -1.12. The van der Waals surface area contributed by atoms with E-state index in [1.54, 1.807) is 50.2 Å². The van der Waals surface area contributed by atoms with Crippen molar-refractivity contribution in [2.45, 2.75) is 46.1 Å². The van der Waals surface area contributed by atoms with Crippen LogP contribution in [0.5, 0.6) is 0 Å². The number of carbonyl (C=O) groups excluding carboxylic acids is 2. The zero-order chi connectivity index (χ0) is 25.0. The minimum Gasteiger partial charge on any atom is -0.480 e. The Morgan fingerprint density at radius 2 is 1.56 bits per heavy atom. The van der Waals surface area contributed by atoms with Crippen molar-refractivity contribution in [2.75, 3.05) is 5.32 Å². The molecule has 0 saturated carbocycles. The van der Waals surface area contributed by atoms with Gasteiger partial charge in [0.25, 0.3) is 11.8 Å². The number of benzene rings is 2. The van der Waals surface area contributed by atoms with E-state index >= 15 is 0 Å². The summed E-state index contributed by atoms with van der Waals surface area (Å²) in [4.78, 5) is 36.2. The maximum atomic E-state index is 12.6. The zero-order valence-electron chi connectivity index (χ0n) is 19.9. The first-order chi connectivity index (χ1) is 16.0. The van der Waals surface area contributed by atoms with Crippen molar-refractivity contribution < 1.29 is 24.0 Å². The Balaban J connectivity index is 1.66. The van der Waals surface area contributed by atoms with Gasteiger partial charge in [0.1, 0.15) is 11.7 Å². The molecular weight excluding hydrogens is 434 g/mol. The summed E-state index contributed by atoms with van der Waals surface area (Å²) < 4.78 is 5.10. The van der Waals surface area contributed by atoms with Crippen LogP contribution in [0.4, 0.5) is 5.69 Å². The second-order valence-electron chi connectivity index (χ2n) is 9.47. The highest BCUT2D eigenvalue weighted by Gasteiger charge is 2.26. The predicted octanol–water partition coefficient (Wildman–Crippen LogP) is 4.73. The van der Waals surface area contributed by atoms with Gasteiger partial charge in [-0.2, -0.15) is 0 Å². The van der Waals surface area contributed by atoms with Crippen LogP contribution in [0.1, 0.15) is 61.1 Å². The topological polar surface area (TPSA) is 122 Å². The molecule has 3 rings (SSSR count). The fraction of sp³-hybridized carbons (Fsp3) is 0.308. The molecule has 8 heteroatoms. The first kappa shape index (κ1) is 24.7. The highest BCUT2D eigenvalue weighted by Crippen LogP contribution is 2.24. The minimum absolute atomic E-state index is 0.0128. The van der Waals surface area contributed by atoms with E-state index in [4.69, 9.17) is 4.52 Å². The normalized spacial score (nSPS) is 12.3. The average molecular weight is 464 g/mol. The molecule has 0 spiro atoms. The number of amides is 2. The van der Waals surface area contributed by atoms with Gasteiger partial charge in [0, 0.05) is 22.9 Å². The lowest BCUT2D eigenvalue weighted by Gasteiger charge is -2.19. The maximum Gasteiger partial charge on any atom is 0.326 e. The van der Waals surface area contributed by atoms with Crippen LogP contribution in [-0.2, 0) is 10.2 Å². The van der Waals surface area contributed by atoms with Gasteiger partial charge in [0.15, 0.2) is 0 Å². The highest BCUT2D eigenvalue weighted by molar-refractivity contribution is 6.04. The summed E-state index contributed by atoms with van der Waals surface area (Å²) in [6.45, 7) is 9.75. The second kappa shape index (κ2) is 9.91. The molecule has 1 heterocycles. The molecule has 2 amide bonds.